The number of fused-ring (bicyclic) bond motifs is 2. The van der Waals surface area contributed by atoms with E-state index in [0.29, 0.717) is 11.4 Å². The lowest BCUT2D eigenvalue weighted by Gasteiger charge is -2.10. The Morgan fingerprint density at radius 1 is 1.16 bits per heavy atom. The van der Waals surface area contributed by atoms with Gasteiger partial charge in [-0.25, -0.2) is 4.98 Å². The second kappa shape index (κ2) is 7.26. The maximum Gasteiger partial charge on any atom is 0.231 e. The molecule has 0 spiro atoms. The number of nitrogens with zero attached hydrogens (tertiary/aromatic N) is 3. The number of aromatic amines is 1. The second-order valence-electron chi connectivity index (χ2n) is 7.34. The summed E-state index contributed by atoms with van der Waals surface area (Å²) in [5, 5.41) is 9.82. The van der Waals surface area contributed by atoms with Crippen molar-refractivity contribution >= 4 is 22.7 Å². The zero-order valence-corrected chi connectivity index (χ0v) is 17.4. The van der Waals surface area contributed by atoms with Crippen LogP contribution in [-0.2, 0) is 0 Å². The van der Waals surface area contributed by atoms with E-state index in [4.69, 9.17) is 14.2 Å². The minimum atomic E-state index is 0.241. The average Bonchev–Trinajstić information content (AvgIpc) is 3.48. The van der Waals surface area contributed by atoms with E-state index in [9.17, 15) is 5.26 Å². The van der Waals surface area contributed by atoms with Crippen LogP contribution in [0.5, 0.6) is 17.2 Å². The molecule has 4 aromatic rings. The van der Waals surface area contributed by atoms with Gasteiger partial charge in [-0.1, -0.05) is 0 Å². The van der Waals surface area contributed by atoms with Gasteiger partial charge in [0.2, 0.25) is 6.79 Å². The van der Waals surface area contributed by atoms with Crippen LogP contribution < -0.4 is 14.2 Å². The Morgan fingerprint density at radius 2 is 2.00 bits per heavy atom. The molecule has 0 unspecified atom stereocenters. The molecule has 154 valence electrons. The van der Waals surface area contributed by atoms with Crippen LogP contribution in [-0.4, -0.2) is 28.4 Å². The van der Waals surface area contributed by atoms with Crippen molar-refractivity contribution < 1.29 is 14.2 Å². The van der Waals surface area contributed by atoms with Crippen LogP contribution in [0.1, 0.15) is 22.8 Å². The lowest BCUT2D eigenvalue weighted by atomic mass is 10.1. The lowest BCUT2D eigenvalue weighted by molar-refractivity contribution is 0.174. The molecule has 2 aromatic carbocycles. The number of methoxy groups -OCH3 is 1. The van der Waals surface area contributed by atoms with Crippen LogP contribution in [0.15, 0.2) is 42.5 Å². The number of nitriles is 1. The molecule has 3 heterocycles. The number of H-pyrrole nitrogens is 1. The van der Waals surface area contributed by atoms with Crippen molar-refractivity contribution in [1.29, 1.82) is 5.26 Å². The molecule has 0 amide bonds. The van der Waals surface area contributed by atoms with Gasteiger partial charge in [0.05, 0.1) is 23.7 Å². The van der Waals surface area contributed by atoms with Gasteiger partial charge in [0.15, 0.2) is 11.5 Å². The molecule has 0 fully saturated rings. The Bertz CT molecular complexity index is 1390. The zero-order valence-electron chi connectivity index (χ0n) is 17.4. The topological polar surface area (TPSA) is 85.1 Å². The maximum absolute atomic E-state index is 9.82. The van der Waals surface area contributed by atoms with Crippen molar-refractivity contribution in [3.05, 3.63) is 65.2 Å². The molecule has 7 nitrogen and oxygen atoms in total. The van der Waals surface area contributed by atoms with Gasteiger partial charge in [0.1, 0.15) is 17.6 Å². The summed E-state index contributed by atoms with van der Waals surface area (Å²) in [5.41, 5.74) is 6.05. The van der Waals surface area contributed by atoms with Gasteiger partial charge in [0.25, 0.3) is 0 Å². The van der Waals surface area contributed by atoms with Crippen molar-refractivity contribution in [2.75, 3.05) is 13.9 Å². The molecule has 0 saturated heterocycles. The highest BCUT2D eigenvalue weighted by atomic mass is 16.7. The van der Waals surface area contributed by atoms with Crippen LogP contribution in [0, 0.1) is 25.2 Å². The Kier molecular flexibility index (Phi) is 4.41. The van der Waals surface area contributed by atoms with Gasteiger partial charge >= 0.3 is 0 Å². The standard InChI is InChI=1S/C24H20N4O3/c1-14-8-16(15(2)28(14)18-4-7-22-23(10-18)31-13-30-22)9-17(12-25)24-26-20-6-5-19(29-3)11-21(20)27-24/h4-11H,13H2,1-3H3,(H,26,27)/b17-9-. The van der Waals surface area contributed by atoms with Crippen molar-refractivity contribution in [3.63, 3.8) is 0 Å². The minimum Gasteiger partial charge on any atom is -0.497 e. The van der Waals surface area contributed by atoms with E-state index >= 15 is 0 Å². The smallest absolute Gasteiger partial charge is 0.231 e. The molecule has 31 heavy (non-hydrogen) atoms. The van der Waals surface area contributed by atoms with Crippen LogP contribution in [0.3, 0.4) is 0 Å². The summed E-state index contributed by atoms with van der Waals surface area (Å²) >= 11 is 0. The highest BCUT2D eigenvalue weighted by Crippen LogP contribution is 2.35. The first-order chi connectivity index (χ1) is 15.1. The monoisotopic (exact) mass is 412 g/mol. The van der Waals surface area contributed by atoms with E-state index in [1.54, 1.807) is 7.11 Å². The van der Waals surface area contributed by atoms with Crippen LogP contribution >= 0.6 is 0 Å². The number of aryl methyl sites for hydroxylation is 1. The molecular formula is C24H20N4O3. The Morgan fingerprint density at radius 3 is 2.81 bits per heavy atom. The molecule has 1 N–H and O–H groups in total. The summed E-state index contributed by atoms with van der Waals surface area (Å²) in [5.74, 6) is 2.74. The number of aromatic nitrogens is 3. The average molecular weight is 412 g/mol. The van der Waals surface area contributed by atoms with E-state index in [0.717, 1.165) is 50.9 Å². The van der Waals surface area contributed by atoms with E-state index in [1.807, 2.05) is 56.3 Å². The van der Waals surface area contributed by atoms with Gasteiger partial charge in [-0.3, -0.25) is 0 Å². The summed E-state index contributed by atoms with van der Waals surface area (Å²) < 4.78 is 18.3. The number of benzene rings is 2. The van der Waals surface area contributed by atoms with Crippen molar-refractivity contribution in [3.8, 4) is 29.0 Å². The van der Waals surface area contributed by atoms with Crippen molar-refractivity contribution in [2.45, 2.75) is 13.8 Å². The maximum atomic E-state index is 9.82. The summed E-state index contributed by atoms with van der Waals surface area (Å²) in [6, 6.07) is 15.8. The quantitative estimate of drug-likeness (QED) is 0.488. The summed E-state index contributed by atoms with van der Waals surface area (Å²) in [7, 11) is 1.62. The molecule has 0 aliphatic carbocycles. The van der Waals surface area contributed by atoms with E-state index in [-0.39, 0.29) is 6.79 Å². The van der Waals surface area contributed by atoms with E-state index in [2.05, 4.69) is 26.7 Å². The van der Waals surface area contributed by atoms with Crippen LogP contribution in [0.25, 0.3) is 28.4 Å². The first kappa shape index (κ1) is 18.8. The van der Waals surface area contributed by atoms with Gasteiger partial charge in [0, 0.05) is 29.2 Å². The summed E-state index contributed by atoms with van der Waals surface area (Å²) in [4.78, 5) is 7.80. The lowest BCUT2D eigenvalue weighted by Crippen LogP contribution is -1.99. The van der Waals surface area contributed by atoms with Gasteiger partial charge in [-0.15, -0.1) is 0 Å². The Hall–Kier alpha value is -4.18. The molecule has 7 heteroatoms. The van der Waals surface area contributed by atoms with Crippen molar-refractivity contribution in [2.24, 2.45) is 0 Å². The molecule has 0 radical (unpaired) electrons. The molecular weight excluding hydrogens is 392 g/mol. The third-order valence-electron chi connectivity index (χ3n) is 5.45. The van der Waals surface area contributed by atoms with Crippen molar-refractivity contribution in [1.82, 2.24) is 14.5 Å². The predicted molar refractivity (Wildman–Crippen MR) is 117 cm³/mol. The number of nitrogens with one attached hydrogen (secondary N) is 1. The number of hydrogen-bond acceptors (Lipinski definition) is 5. The molecule has 1 aliphatic rings. The van der Waals surface area contributed by atoms with E-state index < -0.39 is 0 Å². The third-order valence-corrected chi connectivity index (χ3v) is 5.45. The predicted octanol–water partition coefficient (Wildman–Crippen LogP) is 4.77. The number of hydrogen-bond donors (Lipinski definition) is 1. The molecule has 1 aliphatic heterocycles. The Balaban J connectivity index is 1.56. The molecule has 5 rings (SSSR count). The minimum absolute atomic E-state index is 0.241. The highest BCUT2D eigenvalue weighted by Gasteiger charge is 2.17. The zero-order chi connectivity index (χ0) is 21.5. The first-order valence-corrected chi connectivity index (χ1v) is 9.82. The number of imidazole rings is 1. The summed E-state index contributed by atoms with van der Waals surface area (Å²) in [6.45, 7) is 4.31. The summed E-state index contributed by atoms with van der Waals surface area (Å²) in [6.07, 6.45) is 1.86. The number of allylic oxidation sites excluding steroid dienone is 1. The normalized spacial score (nSPS) is 12.9. The largest absolute Gasteiger partial charge is 0.497 e. The van der Waals surface area contributed by atoms with Crippen LogP contribution in [0.2, 0.25) is 0 Å². The van der Waals surface area contributed by atoms with E-state index in [1.165, 1.54) is 0 Å². The third kappa shape index (κ3) is 3.19. The number of rotatable bonds is 4. The fourth-order valence-corrected chi connectivity index (χ4v) is 3.91. The molecule has 0 atom stereocenters. The first-order valence-electron chi connectivity index (χ1n) is 9.82. The Labute approximate surface area is 179 Å². The molecule has 0 bridgehead atoms. The fourth-order valence-electron chi connectivity index (χ4n) is 3.91. The van der Waals surface area contributed by atoms with Gasteiger partial charge in [-0.05, 0) is 55.8 Å². The highest BCUT2D eigenvalue weighted by molar-refractivity contribution is 5.91. The van der Waals surface area contributed by atoms with Crippen LogP contribution in [0.4, 0.5) is 0 Å². The molecule has 0 saturated carbocycles. The number of ether oxygens (including phenoxy) is 3. The van der Waals surface area contributed by atoms with Gasteiger partial charge in [-0.2, -0.15) is 5.26 Å². The van der Waals surface area contributed by atoms with Gasteiger partial charge < -0.3 is 23.8 Å². The fraction of sp³-hybridized carbons (Fsp3) is 0.167. The SMILES string of the molecule is COc1ccc2nc(/C(C#N)=C\c3cc(C)n(-c4ccc5c(c4)OCO5)c3C)[nH]c2c1. The molecule has 2 aromatic heterocycles. The second-order valence-corrected chi connectivity index (χ2v) is 7.34.